The van der Waals surface area contributed by atoms with E-state index in [2.05, 4.69) is 50.4 Å². The molecule has 0 spiro atoms. The number of aryl methyl sites for hydroxylation is 1. The Balaban J connectivity index is 0.000000343. The summed E-state index contributed by atoms with van der Waals surface area (Å²) in [5, 5.41) is 5.95. The Hall–Kier alpha value is -2.48. The monoisotopic (exact) mass is 461 g/mol. The van der Waals surface area contributed by atoms with Gasteiger partial charge in [0.15, 0.2) is 11.5 Å². The van der Waals surface area contributed by atoms with Crippen molar-refractivity contribution in [2.24, 2.45) is 5.92 Å². The second-order valence-electron chi connectivity index (χ2n) is 7.55. The summed E-state index contributed by atoms with van der Waals surface area (Å²) in [6.45, 7) is 6.82. The quantitative estimate of drug-likeness (QED) is 0.527. The number of carbonyl (C=O) groups excluding carboxylic acids is 1. The second kappa shape index (κ2) is 9.35. The molecule has 2 heterocycles. The number of benzene rings is 1. The fourth-order valence-electron chi connectivity index (χ4n) is 2.69. The molecule has 1 aliphatic carbocycles. The van der Waals surface area contributed by atoms with Crippen LogP contribution in [0.1, 0.15) is 32.3 Å². The summed E-state index contributed by atoms with van der Waals surface area (Å²) in [5.74, 6) is 0.993. The highest BCUT2D eigenvalue weighted by Crippen LogP contribution is 2.27. The lowest BCUT2D eigenvalue weighted by molar-refractivity contribution is -0.109. The number of hydrogen-bond donors (Lipinski definition) is 2. The van der Waals surface area contributed by atoms with E-state index in [0.717, 1.165) is 29.9 Å². The summed E-state index contributed by atoms with van der Waals surface area (Å²) in [6, 6.07) is 5.74. The molecule has 0 unspecified atom stereocenters. The highest BCUT2D eigenvalue weighted by atomic mass is 79.9. The fraction of sp³-hybridized carbons (Fsp3) is 0.381. The van der Waals surface area contributed by atoms with Crippen LogP contribution in [0.15, 0.2) is 35.2 Å². The SMILES string of the molecule is Cc1ccc(-c2cnc3c(NCC(C)C)nc(Br)cn23)cc1F.O=CNC1CC1. The molecule has 0 aliphatic heterocycles. The molecule has 154 valence electrons. The Bertz CT molecular complexity index is 1000. The molecule has 0 radical (unpaired) electrons. The van der Waals surface area contributed by atoms with Crippen LogP contribution in [0.4, 0.5) is 10.2 Å². The molecular weight excluding hydrogens is 437 g/mol. The number of carbonyl (C=O) groups is 1. The maximum Gasteiger partial charge on any atom is 0.207 e. The van der Waals surface area contributed by atoms with Gasteiger partial charge in [-0.15, -0.1) is 0 Å². The highest BCUT2D eigenvalue weighted by molar-refractivity contribution is 9.10. The zero-order chi connectivity index (χ0) is 21.0. The van der Waals surface area contributed by atoms with Gasteiger partial charge in [-0.05, 0) is 53.2 Å². The number of rotatable bonds is 6. The molecule has 1 fully saturated rings. The van der Waals surface area contributed by atoms with E-state index in [0.29, 0.717) is 27.9 Å². The second-order valence-corrected chi connectivity index (χ2v) is 8.36. The van der Waals surface area contributed by atoms with E-state index < -0.39 is 0 Å². The van der Waals surface area contributed by atoms with Crippen molar-refractivity contribution in [2.45, 2.75) is 39.7 Å². The molecule has 29 heavy (non-hydrogen) atoms. The van der Waals surface area contributed by atoms with E-state index in [1.54, 1.807) is 19.2 Å². The summed E-state index contributed by atoms with van der Waals surface area (Å²) in [6.07, 6.45) is 6.71. The van der Waals surface area contributed by atoms with Crippen molar-refractivity contribution in [2.75, 3.05) is 11.9 Å². The van der Waals surface area contributed by atoms with Gasteiger partial charge >= 0.3 is 0 Å². The summed E-state index contributed by atoms with van der Waals surface area (Å²) < 4.78 is 16.5. The lowest BCUT2D eigenvalue weighted by Crippen LogP contribution is -2.11. The Morgan fingerprint density at radius 1 is 1.38 bits per heavy atom. The van der Waals surface area contributed by atoms with Crippen LogP contribution in [-0.4, -0.2) is 33.4 Å². The van der Waals surface area contributed by atoms with Gasteiger partial charge in [-0.2, -0.15) is 0 Å². The van der Waals surface area contributed by atoms with Crippen molar-refractivity contribution < 1.29 is 9.18 Å². The van der Waals surface area contributed by atoms with Crippen LogP contribution in [0.5, 0.6) is 0 Å². The lowest BCUT2D eigenvalue weighted by Gasteiger charge is -2.10. The predicted octanol–water partition coefficient (Wildman–Crippen LogP) is 4.57. The third kappa shape index (κ3) is 5.53. The minimum Gasteiger partial charge on any atom is -0.367 e. The molecule has 2 N–H and O–H groups in total. The van der Waals surface area contributed by atoms with Crippen molar-refractivity contribution in [3.8, 4) is 11.3 Å². The van der Waals surface area contributed by atoms with Crippen LogP contribution in [-0.2, 0) is 4.79 Å². The van der Waals surface area contributed by atoms with Crippen LogP contribution in [0.25, 0.3) is 16.9 Å². The van der Waals surface area contributed by atoms with Crippen LogP contribution in [0, 0.1) is 18.7 Å². The highest BCUT2D eigenvalue weighted by Gasteiger charge is 2.19. The van der Waals surface area contributed by atoms with Crippen LogP contribution in [0.2, 0.25) is 0 Å². The van der Waals surface area contributed by atoms with Crippen molar-refractivity contribution in [3.63, 3.8) is 0 Å². The number of hydrogen-bond acceptors (Lipinski definition) is 4. The molecule has 0 atom stereocenters. The fourth-order valence-corrected chi connectivity index (χ4v) is 3.07. The third-order valence-corrected chi connectivity index (χ3v) is 4.87. The number of nitrogens with zero attached hydrogens (tertiary/aromatic N) is 3. The molecule has 3 aromatic rings. The van der Waals surface area contributed by atoms with Crippen LogP contribution >= 0.6 is 15.9 Å². The van der Waals surface area contributed by atoms with Crippen molar-refractivity contribution in [3.05, 3.63) is 46.6 Å². The summed E-state index contributed by atoms with van der Waals surface area (Å²) in [4.78, 5) is 18.5. The smallest absolute Gasteiger partial charge is 0.207 e. The number of nitrogens with one attached hydrogen (secondary N) is 2. The van der Waals surface area contributed by atoms with E-state index in [1.165, 1.54) is 18.9 Å². The molecular formula is C21H25BrFN5O. The molecule has 1 aromatic carbocycles. The number of anilines is 1. The molecule has 2 aromatic heterocycles. The van der Waals surface area contributed by atoms with Gasteiger partial charge in [0.25, 0.3) is 0 Å². The summed E-state index contributed by atoms with van der Waals surface area (Å²) in [7, 11) is 0. The van der Waals surface area contributed by atoms with Crippen molar-refractivity contribution in [1.82, 2.24) is 19.7 Å². The number of amides is 1. The van der Waals surface area contributed by atoms with E-state index >= 15 is 0 Å². The number of aromatic nitrogens is 3. The summed E-state index contributed by atoms with van der Waals surface area (Å²) in [5.41, 5.74) is 2.97. The van der Waals surface area contributed by atoms with Gasteiger partial charge in [-0.25, -0.2) is 14.4 Å². The average Bonchev–Trinajstić information content (AvgIpc) is 3.39. The minimum absolute atomic E-state index is 0.219. The van der Waals surface area contributed by atoms with Crippen LogP contribution in [0.3, 0.4) is 0 Å². The Kier molecular flexibility index (Phi) is 6.84. The molecule has 1 aliphatic rings. The zero-order valence-electron chi connectivity index (χ0n) is 16.7. The largest absolute Gasteiger partial charge is 0.367 e. The first-order valence-corrected chi connectivity index (χ1v) is 10.4. The topological polar surface area (TPSA) is 71.3 Å². The van der Waals surface area contributed by atoms with Crippen molar-refractivity contribution in [1.29, 1.82) is 0 Å². The van der Waals surface area contributed by atoms with E-state index in [9.17, 15) is 9.18 Å². The first-order valence-electron chi connectivity index (χ1n) is 9.62. The Morgan fingerprint density at radius 3 is 2.72 bits per heavy atom. The van der Waals surface area contributed by atoms with Gasteiger partial charge < -0.3 is 10.6 Å². The first-order chi connectivity index (χ1) is 13.9. The standard InChI is InChI=1S/C17H18BrFN4.C4H7NO/c1-10(2)7-20-16-17-21-8-14(23(17)9-15(18)22-16)12-5-4-11(3)13(19)6-12;6-3-5-4-1-2-4/h4-6,8-10H,7H2,1-3H3,(H,20,22);3-4H,1-2H2,(H,5,6). The molecule has 0 saturated heterocycles. The van der Waals surface area contributed by atoms with Gasteiger partial charge in [0.1, 0.15) is 10.4 Å². The molecule has 1 amide bonds. The molecule has 1 saturated carbocycles. The van der Waals surface area contributed by atoms with Gasteiger partial charge in [0.2, 0.25) is 6.41 Å². The van der Waals surface area contributed by atoms with Crippen LogP contribution < -0.4 is 10.6 Å². The Morgan fingerprint density at radius 2 is 2.14 bits per heavy atom. The molecule has 6 nitrogen and oxygen atoms in total. The summed E-state index contributed by atoms with van der Waals surface area (Å²) >= 11 is 3.43. The molecule has 0 bridgehead atoms. The molecule has 8 heteroatoms. The minimum atomic E-state index is -0.219. The van der Waals surface area contributed by atoms with Gasteiger partial charge in [0.05, 0.1) is 11.9 Å². The first kappa shape index (κ1) is 21.2. The maximum atomic E-state index is 13.9. The molecule has 4 rings (SSSR count). The van der Waals surface area contributed by atoms with Gasteiger partial charge in [0, 0.05) is 24.3 Å². The van der Waals surface area contributed by atoms with Gasteiger partial charge in [-0.1, -0.05) is 26.0 Å². The lowest BCUT2D eigenvalue weighted by atomic mass is 10.1. The number of halogens is 2. The Labute approximate surface area is 178 Å². The average molecular weight is 462 g/mol. The van der Waals surface area contributed by atoms with Crippen molar-refractivity contribution >= 4 is 33.8 Å². The normalized spacial score (nSPS) is 13.2. The zero-order valence-corrected chi connectivity index (χ0v) is 18.3. The third-order valence-electron chi connectivity index (χ3n) is 4.49. The van der Waals surface area contributed by atoms with Gasteiger partial charge in [-0.3, -0.25) is 9.20 Å². The van der Waals surface area contributed by atoms with E-state index in [4.69, 9.17) is 0 Å². The van der Waals surface area contributed by atoms with E-state index in [1.807, 2.05) is 16.7 Å². The number of imidazole rings is 1. The number of fused-ring (bicyclic) bond motifs is 1. The maximum absolute atomic E-state index is 13.9. The predicted molar refractivity (Wildman–Crippen MR) is 116 cm³/mol. The van der Waals surface area contributed by atoms with E-state index in [-0.39, 0.29) is 5.82 Å².